The fourth-order valence-electron chi connectivity index (χ4n) is 3.33. The molecule has 0 saturated carbocycles. The quantitative estimate of drug-likeness (QED) is 0.527. The maximum atomic E-state index is 4.08. The van der Waals surface area contributed by atoms with Crippen molar-refractivity contribution in [3.63, 3.8) is 0 Å². The fraction of sp³-hybridized carbons (Fsp3) is 0.385. The van der Waals surface area contributed by atoms with Crippen LogP contribution in [0.25, 0.3) is 6.08 Å². The summed E-state index contributed by atoms with van der Waals surface area (Å²) in [5.41, 5.74) is 10.6. The van der Waals surface area contributed by atoms with Gasteiger partial charge in [0.1, 0.15) is 0 Å². The summed E-state index contributed by atoms with van der Waals surface area (Å²) in [5.74, 6) is 0.405. The number of hydrogen-bond donors (Lipinski definition) is 1. The fourth-order valence-corrected chi connectivity index (χ4v) is 3.33. The minimum Gasteiger partial charge on any atom is -0.385 e. The lowest BCUT2D eigenvalue weighted by Gasteiger charge is -2.13. The standard InChI is InChI=1S/C26H35N/c1-8-9-22(6)27-17-25-13-12-24(14-21(25)5)11-10-18(2)26-15-19(3)23(7)20(4)16-26/h10-16,18,27H,6,8-9,17H2,1-5,7H3/b11-10+. The first-order valence-corrected chi connectivity index (χ1v) is 10.1. The lowest BCUT2D eigenvalue weighted by molar-refractivity contribution is 0.738. The topological polar surface area (TPSA) is 12.0 Å². The van der Waals surface area contributed by atoms with Crippen molar-refractivity contribution < 1.29 is 0 Å². The van der Waals surface area contributed by atoms with Crippen molar-refractivity contribution in [2.24, 2.45) is 0 Å². The molecule has 0 saturated heterocycles. The zero-order valence-electron chi connectivity index (χ0n) is 17.9. The molecule has 144 valence electrons. The van der Waals surface area contributed by atoms with Gasteiger partial charge in [-0.05, 0) is 79.0 Å². The van der Waals surface area contributed by atoms with Crippen molar-refractivity contribution in [2.75, 3.05) is 0 Å². The molecule has 1 atom stereocenters. The SMILES string of the molecule is C=C(CCC)NCc1ccc(/C=C/C(C)c2cc(C)c(C)c(C)c2)cc1C. The molecule has 0 aromatic heterocycles. The number of aryl methyl sites for hydroxylation is 3. The van der Waals surface area contributed by atoms with Gasteiger partial charge in [-0.15, -0.1) is 0 Å². The van der Waals surface area contributed by atoms with E-state index in [0.29, 0.717) is 5.92 Å². The van der Waals surface area contributed by atoms with E-state index in [1.165, 1.54) is 38.9 Å². The van der Waals surface area contributed by atoms with Gasteiger partial charge in [0, 0.05) is 12.2 Å². The molecular weight excluding hydrogens is 326 g/mol. The molecule has 0 aliphatic heterocycles. The minimum atomic E-state index is 0.405. The summed E-state index contributed by atoms with van der Waals surface area (Å²) in [7, 11) is 0. The molecule has 2 aromatic carbocycles. The van der Waals surface area contributed by atoms with E-state index in [-0.39, 0.29) is 0 Å². The molecule has 0 heterocycles. The van der Waals surface area contributed by atoms with E-state index in [2.05, 4.69) is 95.9 Å². The second kappa shape index (κ2) is 9.60. The van der Waals surface area contributed by atoms with Crippen LogP contribution in [0, 0.1) is 27.7 Å². The highest BCUT2D eigenvalue weighted by molar-refractivity contribution is 5.53. The molecule has 0 aliphatic rings. The molecule has 2 aromatic rings. The number of allylic oxidation sites excluding steroid dienone is 2. The smallest absolute Gasteiger partial charge is 0.0400 e. The summed E-state index contributed by atoms with van der Waals surface area (Å²) >= 11 is 0. The third-order valence-electron chi connectivity index (χ3n) is 5.50. The van der Waals surface area contributed by atoms with E-state index in [9.17, 15) is 0 Å². The summed E-state index contributed by atoms with van der Waals surface area (Å²) in [6, 6.07) is 11.4. The largest absolute Gasteiger partial charge is 0.385 e. The Bertz CT molecular complexity index is 803. The van der Waals surface area contributed by atoms with Crippen LogP contribution in [-0.2, 0) is 6.54 Å². The summed E-state index contributed by atoms with van der Waals surface area (Å²) in [4.78, 5) is 0. The van der Waals surface area contributed by atoms with Crippen molar-refractivity contribution in [2.45, 2.75) is 66.8 Å². The van der Waals surface area contributed by atoms with Gasteiger partial charge in [-0.2, -0.15) is 0 Å². The van der Waals surface area contributed by atoms with Crippen LogP contribution in [0.1, 0.15) is 71.6 Å². The molecule has 0 bridgehead atoms. The second-order valence-electron chi connectivity index (χ2n) is 7.82. The van der Waals surface area contributed by atoms with Gasteiger partial charge in [0.15, 0.2) is 0 Å². The Morgan fingerprint density at radius 2 is 1.70 bits per heavy atom. The monoisotopic (exact) mass is 361 g/mol. The van der Waals surface area contributed by atoms with Crippen LogP contribution in [-0.4, -0.2) is 0 Å². The first kappa shape index (κ1) is 21.0. The minimum absolute atomic E-state index is 0.405. The Balaban J connectivity index is 2.06. The highest BCUT2D eigenvalue weighted by Crippen LogP contribution is 2.24. The van der Waals surface area contributed by atoms with Gasteiger partial charge in [0.25, 0.3) is 0 Å². The van der Waals surface area contributed by atoms with E-state index in [4.69, 9.17) is 0 Å². The molecular formula is C26H35N. The zero-order chi connectivity index (χ0) is 20.0. The van der Waals surface area contributed by atoms with Gasteiger partial charge in [-0.3, -0.25) is 0 Å². The van der Waals surface area contributed by atoms with Gasteiger partial charge in [-0.1, -0.05) is 69.3 Å². The maximum absolute atomic E-state index is 4.08. The Hall–Kier alpha value is -2.28. The predicted molar refractivity (Wildman–Crippen MR) is 120 cm³/mol. The van der Waals surface area contributed by atoms with Crippen molar-refractivity contribution in [3.05, 3.63) is 87.6 Å². The number of nitrogens with one attached hydrogen (secondary N) is 1. The molecule has 0 aliphatic carbocycles. The molecule has 1 unspecified atom stereocenters. The lowest BCUT2D eigenvalue weighted by Crippen LogP contribution is -2.12. The van der Waals surface area contributed by atoms with E-state index in [1.807, 2.05) is 0 Å². The molecule has 0 radical (unpaired) electrons. The summed E-state index contributed by atoms with van der Waals surface area (Å²) in [6.45, 7) is 18.2. The molecule has 0 spiro atoms. The van der Waals surface area contributed by atoms with E-state index in [0.717, 1.165) is 25.1 Å². The zero-order valence-corrected chi connectivity index (χ0v) is 17.9. The molecule has 1 nitrogen and oxygen atoms in total. The molecule has 1 heteroatoms. The Kier molecular flexibility index (Phi) is 7.47. The summed E-state index contributed by atoms with van der Waals surface area (Å²) < 4.78 is 0. The first-order chi connectivity index (χ1) is 12.8. The van der Waals surface area contributed by atoms with Crippen LogP contribution in [0.2, 0.25) is 0 Å². The Labute approximate surface area is 166 Å². The molecule has 2 rings (SSSR count). The number of hydrogen-bond acceptors (Lipinski definition) is 1. The second-order valence-corrected chi connectivity index (χ2v) is 7.82. The molecule has 0 amide bonds. The number of rotatable bonds is 8. The third kappa shape index (κ3) is 5.85. The Morgan fingerprint density at radius 1 is 1.04 bits per heavy atom. The highest BCUT2D eigenvalue weighted by Gasteiger charge is 2.06. The molecule has 0 fully saturated rings. The lowest BCUT2D eigenvalue weighted by atomic mass is 9.93. The van der Waals surface area contributed by atoms with Crippen LogP contribution in [0.3, 0.4) is 0 Å². The molecule has 27 heavy (non-hydrogen) atoms. The Morgan fingerprint density at radius 3 is 2.30 bits per heavy atom. The van der Waals surface area contributed by atoms with Crippen molar-refractivity contribution in [1.82, 2.24) is 5.32 Å². The van der Waals surface area contributed by atoms with Gasteiger partial charge in [0.2, 0.25) is 0 Å². The van der Waals surface area contributed by atoms with E-state index >= 15 is 0 Å². The van der Waals surface area contributed by atoms with Crippen LogP contribution >= 0.6 is 0 Å². The normalized spacial score (nSPS) is 12.4. The van der Waals surface area contributed by atoms with Gasteiger partial charge < -0.3 is 5.32 Å². The van der Waals surface area contributed by atoms with Crippen LogP contribution < -0.4 is 5.32 Å². The van der Waals surface area contributed by atoms with Crippen molar-refractivity contribution in [3.8, 4) is 0 Å². The summed E-state index contributed by atoms with van der Waals surface area (Å²) in [5, 5.41) is 3.43. The van der Waals surface area contributed by atoms with Crippen LogP contribution in [0.5, 0.6) is 0 Å². The van der Waals surface area contributed by atoms with E-state index < -0.39 is 0 Å². The van der Waals surface area contributed by atoms with Gasteiger partial charge >= 0.3 is 0 Å². The maximum Gasteiger partial charge on any atom is 0.0400 e. The van der Waals surface area contributed by atoms with Crippen LogP contribution in [0.4, 0.5) is 0 Å². The van der Waals surface area contributed by atoms with Gasteiger partial charge in [-0.25, -0.2) is 0 Å². The predicted octanol–water partition coefficient (Wildman–Crippen LogP) is 7.14. The van der Waals surface area contributed by atoms with Crippen molar-refractivity contribution in [1.29, 1.82) is 0 Å². The van der Waals surface area contributed by atoms with Gasteiger partial charge in [0.05, 0.1) is 0 Å². The van der Waals surface area contributed by atoms with E-state index in [1.54, 1.807) is 0 Å². The average molecular weight is 362 g/mol. The number of benzene rings is 2. The first-order valence-electron chi connectivity index (χ1n) is 10.1. The van der Waals surface area contributed by atoms with Crippen molar-refractivity contribution >= 4 is 6.08 Å². The summed E-state index contributed by atoms with van der Waals surface area (Å²) in [6.07, 6.45) is 6.72. The highest BCUT2D eigenvalue weighted by atomic mass is 14.9. The third-order valence-corrected chi connectivity index (χ3v) is 5.50. The molecule has 1 N–H and O–H groups in total. The van der Waals surface area contributed by atoms with Crippen LogP contribution in [0.15, 0.2) is 48.7 Å². The average Bonchev–Trinajstić information content (AvgIpc) is 2.63.